The first kappa shape index (κ1) is 14.4. The average Bonchev–Trinajstić information content (AvgIpc) is 2.32. The first-order chi connectivity index (χ1) is 8.47. The van der Waals surface area contributed by atoms with Crippen molar-refractivity contribution in [1.82, 2.24) is 0 Å². The Hall–Kier alpha value is -1.67. The lowest BCUT2D eigenvalue weighted by Crippen LogP contribution is -2.22. The normalized spacial score (nSPS) is 10.5. The van der Waals surface area contributed by atoms with Gasteiger partial charge in [0, 0.05) is 12.6 Å². The zero-order valence-electron chi connectivity index (χ0n) is 9.10. The third kappa shape index (κ3) is 3.41. The smallest absolute Gasteiger partial charge is 0.250 e. The van der Waals surface area contributed by atoms with Crippen LogP contribution in [-0.2, 0) is 9.53 Å². The van der Waals surface area contributed by atoms with Crippen molar-refractivity contribution in [3.63, 3.8) is 0 Å². The summed E-state index contributed by atoms with van der Waals surface area (Å²) in [6.45, 7) is -0.311. The fourth-order valence-electron chi connectivity index (χ4n) is 1.11. The van der Waals surface area contributed by atoms with E-state index >= 15 is 0 Å². The first-order valence-electron chi connectivity index (χ1n) is 4.88. The van der Waals surface area contributed by atoms with Crippen molar-refractivity contribution in [2.24, 2.45) is 5.73 Å². The molecule has 0 spiro atoms. The van der Waals surface area contributed by atoms with E-state index < -0.39 is 41.5 Å². The molecule has 0 fully saturated rings. The number of rotatable bonds is 5. The van der Waals surface area contributed by atoms with E-state index in [4.69, 9.17) is 5.73 Å². The van der Waals surface area contributed by atoms with Gasteiger partial charge in [0.05, 0.1) is 6.61 Å². The largest absolute Gasteiger partial charge is 0.370 e. The topological polar surface area (TPSA) is 64.3 Å². The van der Waals surface area contributed by atoms with Crippen LogP contribution < -0.4 is 11.1 Å². The zero-order valence-corrected chi connectivity index (χ0v) is 9.10. The van der Waals surface area contributed by atoms with Gasteiger partial charge in [0.1, 0.15) is 12.3 Å². The van der Waals surface area contributed by atoms with Crippen LogP contribution in [0.25, 0.3) is 0 Å². The standard InChI is InChI=1S/C10H10F4N2O2/c11-5-3-6(12)9(14)10(8(5)13)16-7(17)4-18-2-1-15/h3H,1-2,4,15H2,(H,16,17). The van der Waals surface area contributed by atoms with Gasteiger partial charge in [-0.25, -0.2) is 17.6 Å². The molecule has 0 aliphatic carbocycles. The van der Waals surface area contributed by atoms with Crippen LogP contribution in [0.5, 0.6) is 0 Å². The highest BCUT2D eigenvalue weighted by atomic mass is 19.2. The van der Waals surface area contributed by atoms with Gasteiger partial charge in [0.2, 0.25) is 0 Å². The van der Waals surface area contributed by atoms with Crippen LogP contribution in [0.1, 0.15) is 0 Å². The zero-order chi connectivity index (χ0) is 13.7. The summed E-state index contributed by atoms with van der Waals surface area (Å²) >= 11 is 0. The Labute approximate surface area is 99.7 Å². The first-order valence-corrected chi connectivity index (χ1v) is 4.88. The van der Waals surface area contributed by atoms with Gasteiger partial charge in [-0.1, -0.05) is 0 Å². The quantitative estimate of drug-likeness (QED) is 0.477. The molecule has 18 heavy (non-hydrogen) atoms. The summed E-state index contributed by atoms with van der Waals surface area (Å²) in [5, 5.41) is 1.68. The molecule has 0 aliphatic heterocycles. The van der Waals surface area contributed by atoms with Crippen molar-refractivity contribution in [1.29, 1.82) is 0 Å². The monoisotopic (exact) mass is 266 g/mol. The van der Waals surface area contributed by atoms with E-state index in [1.807, 2.05) is 0 Å². The molecule has 1 amide bonds. The molecule has 1 aromatic rings. The van der Waals surface area contributed by atoms with Crippen molar-refractivity contribution in [3.8, 4) is 0 Å². The van der Waals surface area contributed by atoms with E-state index in [0.29, 0.717) is 0 Å². The van der Waals surface area contributed by atoms with E-state index in [1.54, 1.807) is 5.32 Å². The second-order valence-corrected chi connectivity index (χ2v) is 3.23. The van der Waals surface area contributed by atoms with Crippen LogP contribution in [0.4, 0.5) is 23.2 Å². The molecule has 1 aromatic carbocycles. The molecule has 0 atom stereocenters. The van der Waals surface area contributed by atoms with Gasteiger partial charge in [-0.05, 0) is 0 Å². The van der Waals surface area contributed by atoms with Crippen LogP contribution in [-0.4, -0.2) is 25.7 Å². The lowest BCUT2D eigenvalue weighted by Gasteiger charge is -2.09. The fourth-order valence-corrected chi connectivity index (χ4v) is 1.11. The Morgan fingerprint density at radius 1 is 1.22 bits per heavy atom. The predicted molar refractivity (Wildman–Crippen MR) is 54.8 cm³/mol. The number of nitrogens with two attached hydrogens (primary N) is 1. The molecule has 0 radical (unpaired) electrons. The maximum Gasteiger partial charge on any atom is 0.250 e. The minimum atomic E-state index is -1.68. The average molecular weight is 266 g/mol. The number of carbonyl (C=O) groups is 1. The van der Waals surface area contributed by atoms with E-state index in [2.05, 4.69) is 4.74 Å². The summed E-state index contributed by atoms with van der Waals surface area (Å²) in [4.78, 5) is 11.2. The molecular formula is C10H10F4N2O2. The highest BCUT2D eigenvalue weighted by Crippen LogP contribution is 2.23. The van der Waals surface area contributed by atoms with E-state index in [0.717, 1.165) is 0 Å². The third-order valence-electron chi connectivity index (χ3n) is 1.87. The van der Waals surface area contributed by atoms with Crippen LogP contribution in [0, 0.1) is 23.3 Å². The number of benzene rings is 1. The molecule has 100 valence electrons. The van der Waals surface area contributed by atoms with Crippen molar-refractivity contribution in [2.45, 2.75) is 0 Å². The number of halogens is 4. The lowest BCUT2D eigenvalue weighted by molar-refractivity contribution is -0.120. The number of hydrogen-bond donors (Lipinski definition) is 2. The van der Waals surface area contributed by atoms with E-state index in [9.17, 15) is 22.4 Å². The molecule has 0 unspecified atom stereocenters. The maximum absolute atomic E-state index is 13.1. The Kier molecular flexibility index (Phi) is 5.05. The predicted octanol–water partition coefficient (Wildman–Crippen LogP) is 1.16. The summed E-state index contributed by atoms with van der Waals surface area (Å²) in [5.74, 6) is -7.52. The van der Waals surface area contributed by atoms with Gasteiger partial charge in [0.15, 0.2) is 23.3 Å². The van der Waals surface area contributed by atoms with Crippen molar-refractivity contribution in [3.05, 3.63) is 29.3 Å². The molecule has 0 bridgehead atoms. The number of hydrogen-bond acceptors (Lipinski definition) is 3. The summed E-state index contributed by atoms with van der Waals surface area (Å²) in [5.41, 5.74) is 3.89. The summed E-state index contributed by atoms with van der Waals surface area (Å²) in [7, 11) is 0. The minimum absolute atomic E-state index is 0.0469. The molecular weight excluding hydrogens is 256 g/mol. The molecule has 3 N–H and O–H groups in total. The lowest BCUT2D eigenvalue weighted by atomic mass is 10.2. The maximum atomic E-state index is 13.1. The molecule has 8 heteroatoms. The third-order valence-corrected chi connectivity index (χ3v) is 1.87. The fraction of sp³-hybridized carbons (Fsp3) is 0.300. The van der Waals surface area contributed by atoms with E-state index in [1.165, 1.54) is 0 Å². The van der Waals surface area contributed by atoms with Gasteiger partial charge >= 0.3 is 0 Å². The van der Waals surface area contributed by atoms with Crippen molar-refractivity contribution < 1.29 is 27.1 Å². The Balaban J connectivity index is 2.81. The highest BCUT2D eigenvalue weighted by molar-refractivity contribution is 5.91. The minimum Gasteiger partial charge on any atom is -0.370 e. The number of amides is 1. The second-order valence-electron chi connectivity index (χ2n) is 3.23. The number of ether oxygens (including phenoxy) is 1. The van der Waals surface area contributed by atoms with Gasteiger partial charge in [-0.2, -0.15) is 0 Å². The molecule has 0 aromatic heterocycles. The van der Waals surface area contributed by atoms with Gasteiger partial charge in [0.25, 0.3) is 5.91 Å². The van der Waals surface area contributed by atoms with Crippen LogP contribution >= 0.6 is 0 Å². The van der Waals surface area contributed by atoms with Gasteiger partial charge in [-0.3, -0.25) is 4.79 Å². The SMILES string of the molecule is NCCOCC(=O)Nc1c(F)c(F)cc(F)c1F. The van der Waals surface area contributed by atoms with Gasteiger partial charge in [-0.15, -0.1) is 0 Å². The number of nitrogens with one attached hydrogen (secondary N) is 1. The van der Waals surface area contributed by atoms with E-state index in [-0.39, 0.29) is 19.2 Å². The molecule has 0 saturated heterocycles. The number of carbonyl (C=O) groups excluding carboxylic acids is 1. The molecule has 1 rings (SSSR count). The van der Waals surface area contributed by atoms with Crippen LogP contribution in [0.15, 0.2) is 6.07 Å². The van der Waals surface area contributed by atoms with Crippen molar-refractivity contribution >= 4 is 11.6 Å². The molecule has 0 saturated carbocycles. The van der Waals surface area contributed by atoms with Crippen LogP contribution in [0.2, 0.25) is 0 Å². The van der Waals surface area contributed by atoms with Crippen molar-refractivity contribution in [2.75, 3.05) is 25.1 Å². The van der Waals surface area contributed by atoms with Gasteiger partial charge < -0.3 is 15.8 Å². The number of anilines is 1. The summed E-state index contributed by atoms with van der Waals surface area (Å²) < 4.78 is 56.5. The molecule has 0 aliphatic rings. The Morgan fingerprint density at radius 2 is 1.78 bits per heavy atom. The highest BCUT2D eigenvalue weighted by Gasteiger charge is 2.20. The van der Waals surface area contributed by atoms with Crippen LogP contribution in [0.3, 0.4) is 0 Å². The second kappa shape index (κ2) is 6.31. The Bertz CT molecular complexity index is 428. The molecule has 4 nitrogen and oxygen atoms in total. The Morgan fingerprint density at radius 3 is 2.28 bits per heavy atom. The summed E-state index contributed by atoms with van der Waals surface area (Å²) in [6, 6.07) is 0.0469. The molecule has 0 heterocycles. The summed E-state index contributed by atoms with van der Waals surface area (Å²) in [6.07, 6.45) is 0.